The SMILES string of the molecule is COc1ccc(Cl)c2ccc(CCCN)nc12. The van der Waals surface area contributed by atoms with Crippen molar-refractivity contribution >= 4 is 22.5 Å². The fourth-order valence-corrected chi connectivity index (χ4v) is 2.00. The summed E-state index contributed by atoms with van der Waals surface area (Å²) in [5, 5.41) is 1.61. The van der Waals surface area contributed by atoms with Gasteiger partial charge >= 0.3 is 0 Å². The van der Waals surface area contributed by atoms with Crippen LogP contribution in [0.15, 0.2) is 24.3 Å². The van der Waals surface area contributed by atoms with Gasteiger partial charge in [0.2, 0.25) is 0 Å². The van der Waals surface area contributed by atoms with Crippen LogP contribution in [-0.2, 0) is 6.42 Å². The molecular weight excluding hydrogens is 236 g/mol. The molecule has 0 aliphatic carbocycles. The Morgan fingerprint density at radius 2 is 2.12 bits per heavy atom. The molecule has 0 bridgehead atoms. The maximum atomic E-state index is 6.13. The average molecular weight is 251 g/mol. The van der Waals surface area contributed by atoms with Crippen molar-refractivity contribution < 1.29 is 4.74 Å². The summed E-state index contributed by atoms with van der Waals surface area (Å²) in [5.74, 6) is 0.749. The minimum absolute atomic E-state index is 0.673. The third-order valence-corrected chi connectivity index (χ3v) is 3.01. The molecule has 2 N–H and O–H groups in total. The number of benzene rings is 1. The van der Waals surface area contributed by atoms with Gasteiger partial charge < -0.3 is 10.5 Å². The van der Waals surface area contributed by atoms with E-state index in [0.29, 0.717) is 11.6 Å². The molecule has 2 rings (SSSR count). The number of nitrogens with zero attached hydrogens (tertiary/aromatic N) is 1. The van der Waals surface area contributed by atoms with Crippen LogP contribution in [0.4, 0.5) is 0 Å². The minimum atomic E-state index is 0.673. The quantitative estimate of drug-likeness (QED) is 0.908. The monoisotopic (exact) mass is 250 g/mol. The van der Waals surface area contributed by atoms with Gasteiger partial charge in [-0.05, 0) is 43.7 Å². The molecule has 0 unspecified atom stereocenters. The van der Waals surface area contributed by atoms with Gasteiger partial charge in [0.25, 0.3) is 0 Å². The molecule has 0 aliphatic rings. The number of aryl methyl sites for hydroxylation is 1. The lowest BCUT2D eigenvalue weighted by Gasteiger charge is -2.08. The molecule has 1 aromatic heterocycles. The van der Waals surface area contributed by atoms with E-state index < -0.39 is 0 Å². The molecule has 0 saturated carbocycles. The second-order valence-electron chi connectivity index (χ2n) is 3.84. The summed E-state index contributed by atoms with van der Waals surface area (Å²) in [6, 6.07) is 7.64. The lowest BCUT2D eigenvalue weighted by atomic mass is 10.1. The number of methoxy groups -OCH3 is 1. The predicted molar refractivity (Wildman–Crippen MR) is 70.7 cm³/mol. The number of hydrogen-bond acceptors (Lipinski definition) is 3. The van der Waals surface area contributed by atoms with Crippen LogP contribution in [0.2, 0.25) is 5.02 Å². The Kier molecular flexibility index (Phi) is 3.82. The molecule has 1 heterocycles. The van der Waals surface area contributed by atoms with Gasteiger partial charge in [-0.15, -0.1) is 0 Å². The lowest BCUT2D eigenvalue weighted by molar-refractivity contribution is 0.419. The first-order chi connectivity index (χ1) is 8.26. The third kappa shape index (κ3) is 2.51. The van der Waals surface area contributed by atoms with Crippen molar-refractivity contribution in [2.75, 3.05) is 13.7 Å². The number of halogens is 1. The van der Waals surface area contributed by atoms with Crippen LogP contribution in [0.25, 0.3) is 10.9 Å². The smallest absolute Gasteiger partial charge is 0.145 e. The van der Waals surface area contributed by atoms with Crippen LogP contribution >= 0.6 is 11.6 Å². The molecule has 1 aromatic carbocycles. The average Bonchev–Trinajstić information content (AvgIpc) is 2.37. The van der Waals surface area contributed by atoms with Crippen molar-refractivity contribution in [3.63, 3.8) is 0 Å². The van der Waals surface area contributed by atoms with Crippen LogP contribution in [0.3, 0.4) is 0 Å². The standard InChI is InChI=1S/C13H15ClN2O/c1-17-12-7-6-11(14)10-5-4-9(3-2-8-15)16-13(10)12/h4-7H,2-3,8,15H2,1H3. The van der Waals surface area contributed by atoms with Gasteiger partial charge in [0.15, 0.2) is 0 Å². The first kappa shape index (κ1) is 12.1. The van der Waals surface area contributed by atoms with Crippen molar-refractivity contribution in [2.45, 2.75) is 12.8 Å². The molecule has 3 nitrogen and oxygen atoms in total. The summed E-state index contributed by atoms with van der Waals surface area (Å²) >= 11 is 6.13. The molecule has 0 amide bonds. The van der Waals surface area contributed by atoms with E-state index in [4.69, 9.17) is 22.1 Å². The number of nitrogens with two attached hydrogens (primary N) is 1. The number of hydrogen-bond donors (Lipinski definition) is 1. The van der Waals surface area contributed by atoms with Gasteiger partial charge in [-0.3, -0.25) is 0 Å². The molecule has 0 atom stereocenters. The molecule has 17 heavy (non-hydrogen) atoms. The van der Waals surface area contributed by atoms with Crippen LogP contribution in [0.5, 0.6) is 5.75 Å². The second kappa shape index (κ2) is 5.34. The first-order valence-corrected chi connectivity index (χ1v) is 5.96. The Bertz CT molecular complexity index is 528. The van der Waals surface area contributed by atoms with E-state index in [1.54, 1.807) is 7.11 Å². The fraction of sp³-hybridized carbons (Fsp3) is 0.308. The van der Waals surface area contributed by atoms with Crippen molar-refractivity contribution in [1.82, 2.24) is 4.98 Å². The highest BCUT2D eigenvalue weighted by molar-refractivity contribution is 6.35. The van der Waals surface area contributed by atoms with Crippen LogP contribution in [0.1, 0.15) is 12.1 Å². The Morgan fingerprint density at radius 1 is 1.29 bits per heavy atom. The van der Waals surface area contributed by atoms with Gasteiger partial charge in [-0.1, -0.05) is 11.6 Å². The summed E-state index contributed by atoms with van der Waals surface area (Å²) < 4.78 is 5.30. The van der Waals surface area contributed by atoms with E-state index in [0.717, 1.165) is 35.2 Å². The predicted octanol–water partition coefficient (Wildman–Crippen LogP) is 2.79. The van der Waals surface area contributed by atoms with E-state index in [2.05, 4.69) is 4.98 Å². The highest BCUT2D eigenvalue weighted by Crippen LogP contribution is 2.30. The number of aromatic nitrogens is 1. The zero-order valence-electron chi connectivity index (χ0n) is 9.74. The highest BCUT2D eigenvalue weighted by Gasteiger charge is 2.07. The number of pyridine rings is 1. The Balaban J connectivity index is 2.50. The highest BCUT2D eigenvalue weighted by atomic mass is 35.5. The summed E-state index contributed by atoms with van der Waals surface area (Å²) in [7, 11) is 1.64. The lowest BCUT2D eigenvalue weighted by Crippen LogP contribution is -2.01. The Hall–Kier alpha value is -1.32. The van der Waals surface area contributed by atoms with Gasteiger partial charge in [-0.25, -0.2) is 4.98 Å². The zero-order chi connectivity index (χ0) is 12.3. The topological polar surface area (TPSA) is 48.1 Å². The van der Waals surface area contributed by atoms with Crippen LogP contribution in [0, 0.1) is 0 Å². The molecular formula is C13H15ClN2O. The zero-order valence-corrected chi connectivity index (χ0v) is 10.5. The number of fused-ring (bicyclic) bond motifs is 1. The minimum Gasteiger partial charge on any atom is -0.494 e. The van der Waals surface area contributed by atoms with Crippen molar-refractivity contribution in [3.05, 3.63) is 35.0 Å². The summed E-state index contributed by atoms with van der Waals surface area (Å²) in [4.78, 5) is 4.58. The van der Waals surface area contributed by atoms with Crippen molar-refractivity contribution in [3.8, 4) is 5.75 Å². The van der Waals surface area contributed by atoms with E-state index in [-0.39, 0.29) is 0 Å². The molecule has 2 aromatic rings. The van der Waals surface area contributed by atoms with Gasteiger partial charge in [0, 0.05) is 11.1 Å². The normalized spacial score (nSPS) is 10.8. The van der Waals surface area contributed by atoms with Gasteiger partial charge in [0.1, 0.15) is 11.3 Å². The first-order valence-electron chi connectivity index (χ1n) is 5.58. The molecule has 0 aliphatic heterocycles. The molecule has 4 heteroatoms. The van der Waals surface area contributed by atoms with E-state index in [1.807, 2.05) is 24.3 Å². The largest absolute Gasteiger partial charge is 0.494 e. The van der Waals surface area contributed by atoms with E-state index in [1.165, 1.54) is 0 Å². The third-order valence-electron chi connectivity index (χ3n) is 2.68. The fourth-order valence-electron chi connectivity index (χ4n) is 1.78. The molecule has 0 spiro atoms. The number of ether oxygens (including phenoxy) is 1. The van der Waals surface area contributed by atoms with Crippen molar-refractivity contribution in [1.29, 1.82) is 0 Å². The van der Waals surface area contributed by atoms with E-state index in [9.17, 15) is 0 Å². The molecule has 0 saturated heterocycles. The number of rotatable bonds is 4. The Morgan fingerprint density at radius 3 is 2.82 bits per heavy atom. The van der Waals surface area contributed by atoms with E-state index >= 15 is 0 Å². The van der Waals surface area contributed by atoms with Crippen LogP contribution < -0.4 is 10.5 Å². The van der Waals surface area contributed by atoms with Gasteiger partial charge in [-0.2, -0.15) is 0 Å². The van der Waals surface area contributed by atoms with Crippen molar-refractivity contribution in [2.24, 2.45) is 5.73 Å². The summed E-state index contributed by atoms with van der Waals surface area (Å²) in [5.41, 5.74) is 7.33. The van der Waals surface area contributed by atoms with Crippen LogP contribution in [-0.4, -0.2) is 18.6 Å². The molecule has 90 valence electrons. The van der Waals surface area contributed by atoms with Gasteiger partial charge in [0.05, 0.1) is 12.1 Å². The molecule has 0 radical (unpaired) electrons. The second-order valence-corrected chi connectivity index (χ2v) is 4.25. The Labute approximate surface area is 106 Å². The summed E-state index contributed by atoms with van der Waals surface area (Å²) in [6.45, 7) is 0.673. The maximum absolute atomic E-state index is 6.13. The molecule has 0 fully saturated rings. The maximum Gasteiger partial charge on any atom is 0.145 e. The summed E-state index contributed by atoms with van der Waals surface area (Å²) in [6.07, 6.45) is 1.81.